The van der Waals surface area contributed by atoms with Gasteiger partial charge < -0.3 is 10.0 Å². The van der Waals surface area contributed by atoms with E-state index >= 15 is 0 Å². The van der Waals surface area contributed by atoms with Gasteiger partial charge in [-0.1, -0.05) is 23.7 Å². The maximum Gasteiger partial charge on any atom is 0.305 e. The van der Waals surface area contributed by atoms with Crippen LogP contribution in [0.25, 0.3) is 0 Å². The predicted molar refractivity (Wildman–Crippen MR) is 93.0 cm³/mol. The van der Waals surface area contributed by atoms with Crippen LogP contribution in [0.4, 0.5) is 10.1 Å². The van der Waals surface area contributed by atoms with Crippen LogP contribution in [-0.2, 0) is 9.59 Å². The zero-order valence-corrected chi connectivity index (χ0v) is 13.8. The molecule has 0 fully saturated rings. The lowest BCUT2D eigenvalue weighted by molar-refractivity contribution is -0.136. The fourth-order valence-electron chi connectivity index (χ4n) is 2.72. The molecule has 128 valence electrons. The summed E-state index contributed by atoms with van der Waals surface area (Å²) in [5.74, 6) is -1.82. The SMILES string of the molecule is O=C(O)CCN1C(=O)CN=C(c2ccccc2F)c2cc(Cl)ccc21. The van der Waals surface area contributed by atoms with Crippen LogP contribution >= 0.6 is 11.6 Å². The second-order valence-electron chi connectivity index (χ2n) is 5.50. The van der Waals surface area contributed by atoms with Crippen LogP contribution in [0, 0.1) is 5.82 Å². The highest BCUT2D eigenvalue weighted by molar-refractivity contribution is 6.32. The molecule has 2 aromatic rings. The molecule has 1 aliphatic heterocycles. The smallest absolute Gasteiger partial charge is 0.305 e. The Morgan fingerprint density at radius 2 is 2.00 bits per heavy atom. The number of hydrogen-bond acceptors (Lipinski definition) is 3. The Bertz CT molecular complexity index is 882. The van der Waals surface area contributed by atoms with E-state index in [0.29, 0.717) is 22.0 Å². The molecular formula is C18H14ClFN2O3. The third-order valence-electron chi connectivity index (χ3n) is 3.86. The van der Waals surface area contributed by atoms with Crippen LogP contribution in [0.1, 0.15) is 17.5 Å². The van der Waals surface area contributed by atoms with Crippen molar-refractivity contribution in [1.82, 2.24) is 0 Å². The predicted octanol–water partition coefficient (Wildman–Crippen LogP) is 3.14. The van der Waals surface area contributed by atoms with Gasteiger partial charge in [-0.3, -0.25) is 14.6 Å². The molecule has 0 aliphatic carbocycles. The van der Waals surface area contributed by atoms with Gasteiger partial charge in [-0.2, -0.15) is 0 Å². The first kappa shape index (κ1) is 17.1. The minimum Gasteiger partial charge on any atom is -0.481 e. The van der Waals surface area contributed by atoms with E-state index in [0.717, 1.165) is 0 Å². The van der Waals surface area contributed by atoms with Crippen molar-refractivity contribution in [2.75, 3.05) is 18.0 Å². The quantitative estimate of drug-likeness (QED) is 0.910. The zero-order chi connectivity index (χ0) is 18.0. The van der Waals surface area contributed by atoms with Crippen molar-refractivity contribution in [3.63, 3.8) is 0 Å². The van der Waals surface area contributed by atoms with Crippen molar-refractivity contribution in [1.29, 1.82) is 0 Å². The second-order valence-corrected chi connectivity index (χ2v) is 5.93. The van der Waals surface area contributed by atoms with Crippen molar-refractivity contribution in [2.24, 2.45) is 4.99 Å². The number of rotatable bonds is 4. The molecule has 0 radical (unpaired) electrons. The number of carboxylic acid groups (broad SMARTS) is 1. The van der Waals surface area contributed by atoms with Gasteiger partial charge in [0, 0.05) is 22.7 Å². The number of hydrogen-bond donors (Lipinski definition) is 1. The lowest BCUT2D eigenvalue weighted by atomic mass is 9.99. The van der Waals surface area contributed by atoms with Crippen molar-refractivity contribution < 1.29 is 19.1 Å². The Balaban J connectivity index is 2.14. The summed E-state index contributed by atoms with van der Waals surface area (Å²) >= 11 is 6.09. The number of carboxylic acids is 1. The van der Waals surface area contributed by atoms with Gasteiger partial charge in [0.15, 0.2) is 0 Å². The van der Waals surface area contributed by atoms with Gasteiger partial charge in [0.2, 0.25) is 5.91 Å². The third-order valence-corrected chi connectivity index (χ3v) is 4.09. The summed E-state index contributed by atoms with van der Waals surface area (Å²) in [6.07, 6.45) is -0.206. The highest BCUT2D eigenvalue weighted by Gasteiger charge is 2.26. The summed E-state index contributed by atoms with van der Waals surface area (Å²) in [6.45, 7) is -0.196. The number of fused-ring (bicyclic) bond motifs is 1. The summed E-state index contributed by atoms with van der Waals surface area (Å²) in [4.78, 5) is 29.0. The first-order chi connectivity index (χ1) is 12.0. The van der Waals surface area contributed by atoms with Crippen LogP contribution in [0.5, 0.6) is 0 Å². The lowest BCUT2D eigenvalue weighted by Gasteiger charge is -2.22. The Labute approximate surface area is 148 Å². The minimum absolute atomic E-state index is 0.00285. The van der Waals surface area contributed by atoms with E-state index in [-0.39, 0.29) is 31.0 Å². The Morgan fingerprint density at radius 3 is 2.72 bits per heavy atom. The van der Waals surface area contributed by atoms with Gasteiger partial charge in [0.25, 0.3) is 0 Å². The number of carbonyl (C=O) groups is 2. The molecule has 0 saturated heterocycles. The van der Waals surface area contributed by atoms with Crippen molar-refractivity contribution in [2.45, 2.75) is 6.42 Å². The molecule has 0 spiro atoms. The number of benzene rings is 2. The molecule has 1 amide bonds. The normalized spacial score (nSPS) is 13.9. The molecular weight excluding hydrogens is 347 g/mol. The van der Waals surface area contributed by atoms with Gasteiger partial charge in [0.1, 0.15) is 12.4 Å². The summed E-state index contributed by atoms with van der Waals surface area (Å²) in [5, 5.41) is 9.33. The topological polar surface area (TPSA) is 70.0 Å². The van der Waals surface area contributed by atoms with E-state index in [1.807, 2.05) is 0 Å². The molecule has 1 heterocycles. The fraction of sp³-hybridized carbons (Fsp3) is 0.167. The van der Waals surface area contributed by atoms with E-state index < -0.39 is 11.8 Å². The summed E-state index contributed by atoms with van der Waals surface area (Å²) in [7, 11) is 0. The van der Waals surface area contributed by atoms with Crippen LogP contribution in [0.3, 0.4) is 0 Å². The molecule has 3 rings (SSSR count). The largest absolute Gasteiger partial charge is 0.481 e. The number of benzodiazepines with no additional fused rings is 1. The summed E-state index contributed by atoms with van der Waals surface area (Å²) < 4.78 is 14.3. The Kier molecular flexibility index (Phi) is 4.81. The van der Waals surface area contributed by atoms with E-state index in [1.54, 1.807) is 36.4 Å². The van der Waals surface area contributed by atoms with Crippen molar-refractivity contribution in [3.05, 3.63) is 64.4 Å². The van der Waals surface area contributed by atoms with Crippen LogP contribution in [-0.4, -0.2) is 35.8 Å². The van der Waals surface area contributed by atoms with Gasteiger partial charge in [-0.25, -0.2) is 4.39 Å². The van der Waals surface area contributed by atoms with E-state index in [1.165, 1.54) is 11.0 Å². The van der Waals surface area contributed by atoms with Crippen LogP contribution in [0.15, 0.2) is 47.5 Å². The first-order valence-corrected chi connectivity index (χ1v) is 7.96. The monoisotopic (exact) mass is 360 g/mol. The Morgan fingerprint density at radius 1 is 1.24 bits per heavy atom. The third kappa shape index (κ3) is 3.53. The molecule has 5 nitrogen and oxygen atoms in total. The average Bonchev–Trinajstić information content (AvgIpc) is 2.70. The molecule has 0 saturated carbocycles. The number of aliphatic carboxylic acids is 1. The van der Waals surface area contributed by atoms with Crippen molar-refractivity contribution in [3.8, 4) is 0 Å². The molecule has 1 N–H and O–H groups in total. The maximum absolute atomic E-state index is 14.3. The molecule has 2 aromatic carbocycles. The van der Waals surface area contributed by atoms with Crippen LogP contribution < -0.4 is 4.90 Å². The number of carbonyl (C=O) groups excluding carboxylic acids is 1. The lowest BCUT2D eigenvalue weighted by Crippen LogP contribution is -2.34. The number of amides is 1. The summed E-state index contributed by atoms with van der Waals surface area (Å²) in [6, 6.07) is 11.0. The number of aliphatic imine (C=N–C) groups is 1. The molecule has 0 aromatic heterocycles. The molecule has 7 heteroatoms. The molecule has 1 aliphatic rings. The molecule has 25 heavy (non-hydrogen) atoms. The van der Waals surface area contributed by atoms with Crippen molar-refractivity contribution >= 4 is 34.9 Å². The first-order valence-electron chi connectivity index (χ1n) is 7.59. The van der Waals surface area contributed by atoms with E-state index in [4.69, 9.17) is 16.7 Å². The molecule has 0 bridgehead atoms. The zero-order valence-electron chi connectivity index (χ0n) is 13.1. The van der Waals surface area contributed by atoms with Gasteiger partial charge >= 0.3 is 5.97 Å². The van der Waals surface area contributed by atoms with E-state index in [9.17, 15) is 14.0 Å². The Hall–Kier alpha value is -2.73. The maximum atomic E-state index is 14.3. The summed E-state index contributed by atoms with van der Waals surface area (Å²) in [5.41, 5.74) is 1.55. The fourth-order valence-corrected chi connectivity index (χ4v) is 2.89. The van der Waals surface area contributed by atoms with E-state index in [2.05, 4.69) is 4.99 Å². The minimum atomic E-state index is -1.01. The van der Waals surface area contributed by atoms with Gasteiger partial charge in [-0.15, -0.1) is 0 Å². The molecule has 0 atom stereocenters. The standard InChI is InChI=1S/C18H14ClFN2O3/c19-11-5-6-15-13(9-11)18(12-3-1-2-4-14(12)20)21-10-16(23)22(15)8-7-17(24)25/h1-6,9H,7-8,10H2,(H,24,25). The highest BCUT2D eigenvalue weighted by atomic mass is 35.5. The van der Waals surface area contributed by atoms with Gasteiger partial charge in [-0.05, 0) is 30.3 Å². The highest BCUT2D eigenvalue weighted by Crippen LogP contribution is 2.30. The average molecular weight is 361 g/mol. The number of nitrogens with zero attached hydrogens (tertiary/aromatic N) is 2. The van der Waals surface area contributed by atoms with Crippen LogP contribution in [0.2, 0.25) is 5.02 Å². The second kappa shape index (κ2) is 7.03. The molecule has 0 unspecified atom stereocenters. The number of halogens is 2. The van der Waals surface area contributed by atoms with Gasteiger partial charge in [0.05, 0.1) is 17.8 Å². The number of anilines is 1.